The number of amides is 1. The SMILES string of the molecule is CCC1(CNC(=O)c2cc(Cl)c(N)cc2OC)CCC1. The number of nitrogens with one attached hydrogen (secondary N) is 1. The first-order chi connectivity index (χ1) is 9.51. The molecular formula is C15H21ClN2O2. The van der Waals surface area contributed by atoms with E-state index in [1.54, 1.807) is 12.1 Å². The van der Waals surface area contributed by atoms with Gasteiger partial charge in [0, 0.05) is 12.6 Å². The molecule has 1 amide bonds. The molecule has 1 fully saturated rings. The highest BCUT2D eigenvalue weighted by molar-refractivity contribution is 6.33. The molecule has 0 atom stereocenters. The fourth-order valence-electron chi connectivity index (χ4n) is 2.61. The van der Waals surface area contributed by atoms with Gasteiger partial charge in [-0.15, -0.1) is 0 Å². The Morgan fingerprint density at radius 1 is 1.50 bits per heavy atom. The molecule has 0 unspecified atom stereocenters. The third-order valence-corrected chi connectivity index (χ3v) is 4.68. The van der Waals surface area contributed by atoms with Crippen LogP contribution in [0.2, 0.25) is 5.02 Å². The molecule has 1 aromatic carbocycles. The van der Waals surface area contributed by atoms with Gasteiger partial charge in [-0.05, 0) is 30.7 Å². The number of hydrogen-bond donors (Lipinski definition) is 2. The van der Waals surface area contributed by atoms with E-state index in [9.17, 15) is 4.79 Å². The molecule has 1 aromatic rings. The summed E-state index contributed by atoms with van der Waals surface area (Å²) in [6.07, 6.45) is 4.71. The highest BCUT2D eigenvalue weighted by Crippen LogP contribution is 2.43. The molecule has 0 radical (unpaired) electrons. The molecule has 0 bridgehead atoms. The van der Waals surface area contributed by atoms with Crippen molar-refractivity contribution in [3.8, 4) is 5.75 Å². The first kappa shape index (κ1) is 15.0. The fraction of sp³-hybridized carbons (Fsp3) is 0.533. The number of halogens is 1. The highest BCUT2D eigenvalue weighted by atomic mass is 35.5. The van der Waals surface area contributed by atoms with Crippen LogP contribution in [-0.4, -0.2) is 19.6 Å². The summed E-state index contributed by atoms with van der Waals surface area (Å²) in [5.74, 6) is 0.284. The van der Waals surface area contributed by atoms with E-state index in [1.165, 1.54) is 26.4 Å². The molecule has 5 heteroatoms. The highest BCUT2D eigenvalue weighted by Gasteiger charge is 2.35. The van der Waals surface area contributed by atoms with Crippen molar-refractivity contribution in [1.29, 1.82) is 0 Å². The van der Waals surface area contributed by atoms with Crippen molar-refractivity contribution in [1.82, 2.24) is 5.32 Å². The largest absolute Gasteiger partial charge is 0.496 e. The van der Waals surface area contributed by atoms with Crippen molar-refractivity contribution in [2.24, 2.45) is 5.41 Å². The van der Waals surface area contributed by atoms with Crippen molar-refractivity contribution in [3.63, 3.8) is 0 Å². The summed E-state index contributed by atoms with van der Waals surface area (Å²) < 4.78 is 5.20. The number of hydrogen-bond acceptors (Lipinski definition) is 3. The van der Waals surface area contributed by atoms with E-state index >= 15 is 0 Å². The van der Waals surface area contributed by atoms with Crippen LogP contribution >= 0.6 is 11.6 Å². The van der Waals surface area contributed by atoms with E-state index in [2.05, 4.69) is 12.2 Å². The third-order valence-electron chi connectivity index (χ3n) is 4.35. The lowest BCUT2D eigenvalue weighted by Crippen LogP contribution is -2.41. The van der Waals surface area contributed by atoms with E-state index in [0.717, 1.165) is 6.42 Å². The van der Waals surface area contributed by atoms with Crippen molar-refractivity contribution in [3.05, 3.63) is 22.7 Å². The topological polar surface area (TPSA) is 64.4 Å². The monoisotopic (exact) mass is 296 g/mol. The molecule has 20 heavy (non-hydrogen) atoms. The number of nitrogen functional groups attached to an aromatic ring is 1. The smallest absolute Gasteiger partial charge is 0.255 e. The normalized spacial score (nSPS) is 16.4. The van der Waals surface area contributed by atoms with Crippen molar-refractivity contribution in [2.45, 2.75) is 32.6 Å². The maximum absolute atomic E-state index is 12.3. The van der Waals surface area contributed by atoms with E-state index in [-0.39, 0.29) is 11.3 Å². The van der Waals surface area contributed by atoms with Gasteiger partial charge in [0.1, 0.15) is 5.75 Å². The second-order valence-corrected chi connectivity index (χ2v) is 5.87. The van der Waals surface area contributed by atoms with Crippen LogP contribution in [0.4, 0.5) is 5.69 Å². The number of anilines is 1. The predicted octanol–water partition coefficient (Wildman–Crippen LogP) is 3.24. The van der Waals surface area contributed by atoms with Gasteiger partial charge in [-0.25, -0.2) is 0 Å². The number of carbonyl (C=O) groups is 1. The molecule has 0 aromatic heterocycles. The van der Waals surface area contributed by atoms with Gasteiger partial charge in [-0.2, -0.15) is 0 Å². The molecule has 4 nitrogen and oxygen atoms in total. The molecule has 0 saturated heterocycles. The van der Waals surface area contributed by atoms with Gasteiger partial charge in [0.25, 0.3) is 5.91 Å². The number of methoxy groups -OCH3 is 1. The maximum atomic E-state index is 12.3. The van der Waals surface area contributed by atoms with Gasteiger partial charge < -0.3 is 15.8 Å². The second-order valence-electron chi connectivity index (χ2n) is 5.46. The summed E-state index contributed by atoms with van der Waals surface area (Å²) >= 11 is 5.98. The summed E-state index contributed by atoms with van der Waals surface area (Å²) in [7, 11) is 1.51. The predicted molar refractivity (Wildman–Crippen MR) is 81.3 cm³/mol. The molecule has 0 spiro atoms. The third kappa shape index (κ3) is 2.85. The molecule has 110 valence electrons. The number of nitrogens with two attached hydrogens (primary N) is 1. The Morgan fingerprint density at radius 3 is 2.70 bits per heavy atom. The van der Waals surface area contributed by atoms with Gasteiger partial charge in [0.2, 0.25) is 0 Å². The summed E-state index contributed by atoms with van der Waals surface area (Å²) in [5, 5.41) is 3.36. The molecule has 1 aliphatic rings. The lowest BCUT2D eigenvalue weighted by atomic mass is 9.67. The summed E-state index contributed by atoms with van der Waals surface area (Å²) in [6.45, 7) is 2.87. The summed E-state index contributed by atoms with van der Waals surface area (Å²) in [5.41, 5.74) is 6.83. The molecule has 2 rings (SSSR count). The van der Waals surface area contributed by atoms with Gasteiger partial charge in [-0.1, -0.05) is 24.9 Å². The Morgan fingerprint density at radius 2 is 2.20 bits per heavy atom. The molecule has 0 aliphatic heterocycles. The zero-order valence-corrected chi connectivity index (χ0v) is 12.7. The first-order valence-electron chi connectivity index (χ1n) is 6.92. The summed E-state index contributed by atoms with van der Waals surface area (Å²) in [6, 6.07) is 3.14. The van der Waals surface area contributed by atoms with Crippen LogP contribution in [0.3, 0.4) is 0 Å². The van der Waals surface area contributed by atoms with Gasteiger partial charge in [-0.3, -0.25) is 4.79 Å². The Kier molecular flexibility index (Phi) is 4.43. The van der Waals surface area contributed by atoms with E-state index in [4.69, 9.17) is 22.1 Å². The first-order valence-corrected chi connectivity index (χ1v) is 7.30. The van der Waals surface area contributed by atoms with E-state index in [1.807, 2.05) is 0 Å². The minimum absolute atomic E-state index is 0.163. The molecule has 0 heterocycles. The molecular weight excluding hydrogens is 276 g/mol. The Hall–Kier alpha value is -1.42. The summed E-state index contributed by atoms with van der Waals surface area (Å²) in [4.78, 5) is 12.3. The molecule has 1 aliphatic carbocycles. The minimum atomic E-state index is -0.163. The number of benzene rings is 1. The molecule has 3 N–H and O–H groups in total. The van der Waals surface area contributed by atoms with Gasteiger partial charge >= 0.3 is 0 Å². The van der Waals surface area contributed by atoms with Crippen LogP contribution in [-0.2, 0) is 0 Å². The second kappa shape index (κ2) is 5.92. The van der Waals surface area contributed by atoms with Crippen LogP contribution < -0.4 is 15.8 Å². The lowest BCUT2D eigenvalue weighted by Gasteiger charge is -2.41. The van der Waals surface area contributed by atoms with Gasteiger partial charge in [0.15, 0.2) is 0 Å². The quantitative estimate of drug-likeness (QED) is 0.820. The van der Waals surface area contributed by atoms with Gasteiger partial charge in [0.05, 0.1) is 23.4 Å². The van der Waals surface area contributed by atoms with Crippen molar-refractivity contribution in [2.75, 3.05) is 19.4 Å². The van der Waals surface area contributed by atoms with Crippen LogP contribution in [0.25, 0.3) is 0 Å². The van der Waals surface area contributed by atoms with E-state index < -0.39 is 0 Å². The number of carbonyl (C=O) groups excluding carboxylic acids is 1. The van der Waals surface area contributed by atoms with Crippen LogP contribution in [0.1, 0.15) is 43.0 Å². The van der Waals surface area contributed by atoms with Crippen LogP contribution in [0, 0.1) is 5.41 Å². The van der Waals surface area contributed by atoms with Crippen LogP contribution in [0.5, 0.6) is 5.75 Å². The van der Waals surface area contributed by atoms with E-state index in [0.29, 0.717) is 28.6 Å². The average Bonchev–Trinajstić information content (AvgIpc) is 2.40. The number of rotatable bonds is 5. The van der Waals surface area contributed by atoms with Crippen molar-refractivity contribution < 1.29 is 9.53 Å². The zero-order chi connectivity index (χ0) is 14.8. The van der Waals surface area contributed by atoms with Crippen LogP contribution in [0.15, 0.2) is 12.1 Å². The minimum Gasteiger partial charge on any atom is -0.496 e. The Balaban J connectivity index is 2.11. The number of ether oxygens (including phenoxy) is 1. The Bertz CT molecular complexity index is 507. The standard InChI is InChI=1S/C15H21ClN2O2/c1-3-15(5-4-6-15)9-18-14(19)10-7-11(16)12(17)8-13(10)20-2/h7-8H,3-6,9,17H2,1-2H3,(H,18,19). The average molecular weight is 297 g/mol. The Labute approximate surface area is 124 Å². The van der Waals surface area contributed by atoms with Crippen molar-refractivity contribution >= 4 is 23.2 Å². The fourth-order valence-corrected chi connectivity index (χ4v) is 2.77. The zero-order valence-electron chi connectivity index (χ0n) is 12.0. The lowest BCUT2D eigenvalue weighted by molar-refractivity contribution is 0.0847. The maximum Gasteiger partial charge on any atom is 0.255 e. The molecule has 1 saturated carbocycles.